The van der Waals surface area contributed by atoms with Gasteiger partial charge in [-0.15, -0.1) is 10.2 Å². The zero-order valence-corrected chi connectivity index (χ0v) is 17.8. The van der Waals surface area contributed by atoms with Gasteiger partial charge >= 0.3 is 0 Å². The molecular weight excluding hydrogens is 376 g/mol. The number of aromatic nitrogens is 3. The van der Waals surface area contributed by atoms with E-state index in [1.165, 1.54) is 19.3 Å². The summed E-state index contributed by atoms with van der Waals surface area (Å²) in [7, 11) is 3.30. The van der Waals surface area contributed by atoms with E-state index in [1.807, 2.05) is 54.7 Å². The summed E-state index contributed by atoms with van der Waals surface area (Å²) in [6.07, 6.45) is 7.63. The average molecular weight is 405 g/mol. The van der Waals surface area contributed by atoms with Gasteiger partial charge in [0.1, 0.15) is 22.9 Å². The van der Waals surface area contributed by atoms with Gasteiger partial charge in [-0.2, -0.15) is 0 Å². The number of methoxy groups -OCH3 is 2. The van der Waals surface area contributed by atoms with Crippen LogP contribution in [0.15, 0.2) is 53.5 Å². The maximum absolute atomic E-state index is 5.28. The highest BCUT2D eigenvalue weighted by atomic mass is 16.5. The van der Waals surface area contributed by atoms with Crippen LogP contribution < -0.4 is 9.47 Å². The first-order valence-electron chi connectivity index (χ1n) is 10.3. The Kier molecular flexibility index (Phi) is 7.89. The summed E-state index contributed by atoms with van der Waals surface area (Å²) in [5, 5.41) is 8.69. The van der Waals surface area contributed by atoms with Crippen LogP contribution in [-0.4, -0.2) is 35.6 Å². The smallest absolute Gasteiger partial charge is 0.269 e. The van der Waals surface area contributed by atoms with Crippen LogP contribution in [0.5, 0.6) is 11.5 Å². The lowest BCUT2D eigenvalue weighted by atomic mass is 10.0. The van der Waals surface area contributed by atoms with E-state index in [0.29, 0.717) is 11.6 Å². The van der Waals surface area contributed by atoms with Crippen LogP contribution in [0.4, 0.5) is 5.95 Å². The Morgan fingerprint density at radius 1 is 0.767 bits per heavy atom. The minimum absolute atomic E-state index is 0.369. The SMILES string of the molecule is CCCCCC/C=N\c1nnc(-c2ccc(OC)cc2)c(-c2ccc(OC)cc2)n1. The molecule has 2 aromatic carbocycles. The molecule has 0 aliphatic rings. The van der Waals surface area contributed by atoms with Gasteiger partial charge in [0.05, 0.1) is 14.2 Å². The van der Waals surface area contributed by atoms with E-state index >= 15 is 0 Å². The number of hydrogen-bond acceptors (Lipinski definition) is 6. The van der Waals surface area contributed by atoms with Crippen molar-refractivity contribution >= 4 is 12.2 Å². The van der Waals surface area contributed by atoms with Crippen molar-refractivity contribution in [3.8, 4) is 34.0 Å². The van der Waals surface area contributed by atoms with Gasteiger partial charge in [-0.3, -0.25) is 0 Å². The van der Waals surface area contributed by atoms with Gasteiger partial charge < -0.3 is 9.47 Å². The largest absolute Gasteiger partial charge is 0.497 e. The monoisotopic (exact) mass is 404 g/mol. The normalized spacial score (nSPS) is 11.0. The predicted octanol–water partition coefficient (Wildman–Crippen LogP) is 5.90. The van der Waals surface area contributed by atoms with Crippen LogP contribution in [0.25, 0.3) is 22.5 Å². The molecule has 0 atom stereocenters. The van der Waals surface area contributed by atoms with Crippen LogP contribution in [0.1, 0.15) is 39.0 Å². The summed E-state index contributed by atoms with van der Waals surface area (Å²) in [6, 6.07) is 15.5. The summed E-state index contributed by atoms with van der Waals surface area (Å²) >= 11 is 0. The van der Waals surface area contributed by atoms with Crippen LogP contribution in [0.2, 0.25) is 0 Å². The summed E-state index contributed by atoms with van der Waals surface area (Å²) in [4.78, 5) is 9.14. The maximum Gasteiger partial charge on any atom is 0.269 e. The number of ether oxygens (including phenoxy) is 2. The van der Waals surface area contributed by atoms with Crippen molar-refractivity contribution in [1.29, 1.82) is 0 Å². The van der Waals surface area contributed by atoms with Crippen molar-refractivity contribution in [1.82, 2.24) is 15.2 Å². The van der Waals surface area contributed by atoms with Crippen LogP contribution in [0, 0.1) is 0 Å². The lowest BCUT2D eigenvalue weighted by molar-refractivity contribution is 0.414. The molecule has 0 radical (unpaired) electrons. The molecule has 0 spiro atoms. The Morgan fingerprint density at radius 2 is 1.37 bits per heavy atom. The third-order valence-corrected chi connectivity index (χ3v) is 4.80. The maximum atomic E-state index is 5.28. The second-order valence-corrected chi connectivity index (χ2v) is 6.93. The van der Waals surface area contributed by atoms with Gasteiger partial charge in [-0.1, -0.05) is 26.2 Å². The van der Waals surface area contributed by atoms with Crippen LogP contribution in [-0.2, 0) is 0 Å². The number of rotatable bonds is 10. The molecule has 1 aromatic heterocycles. The number of aliphatic imine (C=N–C) groups is 1. The third-order valence-electron chi connectivity index (χ3n) is 4.80. The molecule has 1 heterocycles. The van der Waals surface area contributed by atoms with E-state index in [0.717, 1.165) is 41.2 Å². The molecule has 3 aromatic rings. The van der Waals surface area contributed by atoms with Crippen LogP contribution >= 0.6 is 0 Å². The molecule has 0 amide bonds. The van der Waals surface area contributed by atoms with Gasteiger partial charge in [0, 0.05) is 17.3 Å². The van der Waals surface area contributed by atoms with E-state index in [2.05, 4.69) is 22.1 Å². The zero-order valence-electron chi connectivity index (χ0n) is 17.8. The first-order valence-corrected chi connectivity index (χ1v) is 10.3. The summed E-state index contributed by atoms with van der Waals surface area (Å²) < 4.78 is 10.5. The summed E-state index contributed by atoms with van der Waals surface area (Å²) in [5.74, 6) is 1.95. The third kappa shape index (κ3) is 5.63. The van der Waals surface area contributed by atoms with Gasteiger partial charge in [0.25, 0.3) is 5.95 Å². The Balaban J connectivity index is 1.91. The van der Waals surface area contributed by atoms with Crippen molar-refractivity contribution in [2.75, 3.05) is 14.2 Å². The molecule has 0 unspecified atom stereocenters. The zero-order chi connectivity index (χ0) is 21.2. The van der Waals surface area contributed by atoms with Gasteiger partial charge in [-0.05, 0) is 61.4 Å². The van der Waals surface area contributed by atoms with Gasteiger partial charge in [-0.25, -0.2) is 9.98 Å². The molecule has 0 saturated carbocycles. The van der Waals surface area contributed by atoms with Crippen molar-refractivity contribution in [3.05, 3.63) is 48.5 Å². The molecule has 6 heteroatoms. The first-order chi connectivity index (χ1) is 14.7. The number of hydrogen-bond donors (Lipinski definition) is 0. The van der Waals surface area contributed by atoms with Crippen LogP contribution in [0.3, 0.4) is 0 Å². The highest BCUT2D eigenvalue weighted by Gasteiger charge is 2.14. The molecule has 0 aliphatic carbocycles. The lowest BCUT2D eigenvalue weighted by Gasteiger charge is -2.09. The number of benzene rings is 2. The second kappa shape index (κ2) is 11.0. The van der Waals surface area contributed by atoms with E-state index in [1.54, 1.807) is 14.2 Å². The van der Waals surface area contributed by atoms with Gasteiger partial charge in [0.2, 0.25) is 0 Å². The summed E-state index contributed by atoms with van der Waals surface area (Å²) in [6.45, 7) is 2.21. The Hall–Kier alpha value is -3.28. The minimum Gasteiger partial charge on any atom is -0.497 e. The molecule has 0 saturated heterocycles. The quantitative estimate of drug-likeness (QED) is 0.311. The number of unbranched alkanes of at least 4 members (excludes halogenated alkanes) is 4. The van der Waals surface area contributed by atoms with E-state index < -0.39 is 0 Å². The number of nitrogens with zero attached hydrogens (tertiary/aromatic N) is 4. The molecule has 3 rings (SSSR count). The minimum atomic E-state index is 0.369. The predicted molar refractivity (Wildman–Crippen MR) is 121 cm³/mol. The second-order valence-electron chi connectivity index (χ2n) is 6.93. The fourth-order valence-electron chi connectivity index (χ4n) is 3.07. The topological polar surface area (TPSA) is 69.5 Å². The first kappa shape index (κ1) is 21.4. The molecule has 0 N–H and O–H groups in total. The molecule has 156 valence electrons. The molecule has 0 bridgehead atoms. The highest BCUT2D eigenvalue weighted by Crippen LogP contribution is 2.31. The molecular formula is C24H28N4O2. The molecule has 0 aliphatic heterocycles. The van der Waals surface area contributed by atoms with E-state index in [9.17, 15) is 0 Å². The van der Waals surface area contributed by atoms with Crippen molar-refractivity contribution in [2.45, 2.75) is 39.0 Å². The lowest BCUT2D eigenvalue weighted by Crippen LogP contribution is -1.97. The fourth-order valence-corrected chi connectivity index (χ4v) is 3.07. The summed E-state index contributed by atoms with van der Waals surface area (Å²) in [5.41, 5.74) is 3.27. The van der Waals surface area contributed by atoms with Crippen molar-refractivity contribution < 1.29 is 9.47 Å². The highest BCUT2D eigenvalue weighted by molar-refractivity contribution is 5.78. The molecule has 0 fully saturated rings. The Morgan fingerprint density at radius 3 is 1.93 bits per heavy atom. The Labute approximate surface area is 178 Å². The van der Waals surface area contributed by atoms with E-state index in [-0.39, 0.29) is 0 Å². The molecule has 30 heavy (non-hydrogen) atoms. The Bertz CT molecular complexity index is 954. The average Bonchev–Trinajstić information content (AvgIpc) is 2.81. The van der Waals surface area contributed by atoms with Gasteiger partial charge in [0.15, 0.2) is 0 Å². The molecule has 6 nitrogen and oxygen atoms in total. The standard InChI is InChI=1S/C24H28N4O2/c1-4-5-6-7-8-17-25-24-26-22(18-9-13-20(29-2)14-10-18)23(27-28-24)19-11-15-21(30-3)16-12-19/h9-17H,4-8H2,1-3H3/b25-17-. The fraction of sp³-hybridized carbons (Fsp3) is 0.333. The van der Waals surface area contributed by atoms with E-state index in [4.69, 9.17) is 14.5 Å². The van der Waals surface area contributed by atoms with Crippen molar-refractivity contribution in [2.24, 2.45) is 4.99 Å². The van der Waals surface area contributed by atoms with Crippen molar-refractivity contribution in [3.63, 3.8) is 0 Å².